The first-order valence-electron chi connectivity index (χ1n) is 11.6. The molecule has 1 unspecified atom stereocenters. The van der Waals surface area contributed by atoms with E-state index in [2.05, 4.69) is 15.2 Å². The molecule has 1 fully saturated rings. The van der Waals surface area contributed by atoms with E-state index in [1.165, 1.54) is 0 Å². The number of ether oxygens (including phenoxy) is 1. The summed E-state index contributed by atoms with van der Waals surface area (Å²) in [6.45, 7) is 8.92. The summed E-state index contributed by atoms with van der Waals surface area (Å²) in [7, 11) is -1.20. The van der Waals surface area contributed by atoms with E-state index in [0.717, 1.165) is 55.3 Å². The second kappa shape index (κ2) is 11.6. The maximum absolute atomic E-state index is 12.7. The molecule has 1 aromatic heterocycles. The highest BCUT2D eigenvalue weighted by atomic mass is 32.2. The molecule has 1 aliphatic rings. The summed E-state index contributed by atoms with van der Waals surface area (Å²) < 4.78 is 23.9. The Hall–Kier alpha value is -2.81. The number of nitrogens with one attached hydrogen (secondary N) is 1. The minimum absolute atomic E-state index is 0.0914. The summed E-state index contributed by atoms with van der Waals surface area (Å²) >= 11 is 0. The lowest BCUT2D eigenvalue weighted by atomic mass is 10.1. The SMILES string of the molecule is Cc1ccc(S(=O)Cc2nc(-c3ccc(C(=O)NCCCN4CCOCC4)cc3)oc2C)cc1. The van der Waals surface area contributed by atoms with Crippen LogP contribution in [0.25, 0.3) is 11.5 Å². The normalized spacial score (nSPS) is 15.2. The van der Waals surface area contributed by atoms with Crippen LogP contribution < -0.4 is 5.32 Å². The van der Waals surface area contributed by atoms with E-state index in [1.807, 2.05) is 50.2 Å². The van der Waals surface area contributed by atoms with Crippen molar-refractivity contribution >= 4 is 16.7 Å². The standard InChI is InChI=1S/C26H31N3O4S/c1-19-4-10-23(11-5-19)34(31)18-24-20(2)33-26(28-24)22-8-6-21(7-9-22)25(30)27-12-3-13-29-14-16-32-17-15-29/h4-11H,3,12-18H2,1-2H3,(H,27,30). The zero-order valence-electron chi connectivity index (χ0n) is 19.7. The van der Waals surface area contributed by atoms with Gasteiger partial charge in [0.1, 0.15) is 5.76 Å². The van der Waals surface area contributed by atoms with E-state index in [4.69, 9.17) is 9.15 Å². The van der Waals surface area contributed by atoms with Crippen molar-refractivity contribution in [3.8, 4) is 11.5 Å². The zero-order chi connectivity index (χ0) is 23.9. The van der Waals surface area contributed by atoms with Crippen LogP contribution in [0.4, 0.5) is 0 Å². The molecular formula is C26H31N3O4S. The van der Waals surface area contributed by atoms with E-state index in [1.54, 1.807) is 12.1 Å². The molecule has 1 saturated heterocycles. The van der Waals surface area contributed by atoms with Gasteiger partial charge in [0.2, 0.25) is 5.89 Å². The molecule has 1 amide bonds. The molecule has 4 rings (SSSR count). The summed E-state index contributed by atoms with van der Waals surface area (Å²) in [5.41, 5.74) is 3.18. The van der Waals surface area contributed by atoms with Gasteiger partial charge in [-0.25, -0.2) is 4.98 Å². The lowest BCUT2D eigenvalue weighted by Gasteiger charge is -2.26. The molecule has 1 N–H and O–H groups in total. The Balaban J connectivity index is 1.31. The Labute approximate surface area is 203 Å². The first-order chi connectivity index (χ1) is 16.5. The number of benzene rings is 2. The van der Waals surface area contributed by atoms with Crippen LogP contribution in [0.3, 0.4) is 0 Å². The van der Waals surface area contributed by atoms with E-state index in [-0.39, 0.29) is 5.91 Å². The van der Waals surface area contributed by atoms with Gasteiger partial charge < -0.3 is 14.5 Å². The Kier molecular flexibility index (Phi) is 8.26. The number of oxazole rings is 1. The van der Waals surface area contributed by atoms with Crippen molar-refractivity contribution in [3.63, 3.8) is 0 Å². The van der Waals surface area contributed by atoms with E-state index in [9.17, 15) is 9.00 Å². The van der Waals surface area contributed by atoms with Gasteiger partial charge >= 0.3 is 0 Å². The average Bonchev–Trinajstić information content (AvgIpc) is 3.22. The van der Waals surface area contributed by atoms with Gasteiger partial charge in [-0.2, -0.15) is 0 Å². The summed E-state index contributed by atoms with van der Waals surface area (Å²) in [5.74, 6) is 1.32. The largest absolute Gasteiger partial charge is 0.441 e. The fraction of sp³-hybridized carbons (Fsp3) is 0.385. The van der Waals surface area contributed by atoms with Crippen LogP contribution in [0.15, 0.2) is 57.8 Å². The molecule has 1 atom stereocenters. The molecule has 0 saturated carbocycles. The Morgan fingerprint density at radius 1 is 1.06 bits per heavy atom. The van der Waals surface area contributed by atoms with Crippen molar-refractivity contribution < 1.29 is 18.2 Å². The number of morpholine rings is 1. The molecule has 34 heavy (non-hydrogen) atoms. The van der Waals surface area contributed by atoms with Crippen molar-refractivity contribution in [1.29, 1.82) is 0 Å². The highest BCUT2D eigenvalue weighted by Gasteiger charge is 2.16. The third kappa shape index (κ3) is 6.40. The Morgan fingerprint density at radius 3 is 2.47 bits per heavy atom. The van der Waals surface area contributed by atoms with E-state index in [0.29, 0.717) is 35.2 Å². The molecule has 0 aliphatic carbocycles. The minimum atomic E-state index is -1.20. The monoisotopic (exact) mass is 481 g/mol. The number of hydrogen-bond acceptors (Lipinski definition) is 6. The van der Waals surface area contributed by atoms with Gasteiger partial charge in [0.15, 0.2) is 0 Å². The number of carbonyl (C=O) groups excluding carboxylic acids is 1. The zero-order valence-corrected chi connectivity index (χ0v) is 20.5. The van der Waals surface area contributed by atoms with E-state index < -0.39 is 10.8 Å². The lowest BCUT2D eigenvalue weighted by Crippen LogP contribution is -2.38. The first kappa shape index (κ1) is 24.3. The van der Waals surface area contributed by atoms with Crippen molar-refractivity contribution in [2.24, 2.45) is 0 Å². The van der Waals surface area contributed by atoms with Crippen molar-refractivity contribution in [2.75, 3.05) is 39.4 Å². The average molecular weight is 482 g/mol. The van der Waals surface area contributed by atoms with Gasteiger partial charge in [-0.3, -0.25) is 13.9 Å². The van der Waals surface area contributed by atoms with Gasteiger partial charge in [-0.15, -0.1) is 0 Å². The fourth-order valence-electron chi connectivity index (χ4n) is 3.78. The molecular weight excluding hydrogens is 450 g/mol. The van der Waals surface area contributed by atoms with Crippen molar-refractivity contribution in [3.05, 3.63) is 71.1 Å². The number of aryl methyl sites for hydroxylation is 2. The van der Waals surface area contributed by atoms with Crippen molar-refractivity contribution in [2.45, 2.75) is 30.9 Å². The molecule has 180 valence electrons. The topological polar surface area (TPSA) is 84.7 Å². The van der Waals surface area contributed by atoms with Gasteiger partial charge in [-0.1, -0.05) is 17.7 Å². The highest BCUT2D eigenvalue weighted by Crippen LogP contribution is 2.24. The number of nitrogens with zero attached hydrogens (tertiary/aromatic N) is 2. The van der Waals surface area contributed by atoms with Crippen LogP contribution in [0, 0.1) is 13.8 Å². The van der Waals surface area contributed by atoms with Crippen LogP contribution >= 0.6 is 0 Å². The Morgan fingerprint density at radius 2 is 1.76 bits per heavy atom. The summed E-state index contributed by atoms with van der Waals surface area (Å²) in [6, 6.07) is 14.9. The van der Waals surface area contributed by atoms with E-state index >= 15 is 0 Å². The van der Waals surface area contributed by atoms with Crippen molar-refractivity contribution in [1.82, 2.24) is 15.2 Å². The van der Waals surface area contributed by atoms with Gasteiger partial charge in [0.05, 0.1) is 35.5 Å². The van der Waals surface area contributed by atoms with Crippen LogP contribution in [0.2, 0.25) is 0 Å². The van der Waals surface area contributed by atoms with Crippen LogP contribution in [0.5, 0.6) is 0 Å². The molecule has 1 aliphatic heterocycles. The fourth-order valence-corrected chi connectivity index (χ4v) is 4.90. The van der Waals surface area contributed by atoms with Gasteiger partial charge in [0.25, 0.3) is 5.91 Å². The third-order valence-corrected chi connectivity index (χ3v) is 7.21. The molecule has 0 bridgehead atoms. The highest BCUT2D eigenvalue weighted by molar-refractivity contribution is 7.84. The predicted molar refractivity (Wildman–Crippen MR) is 132 cm³/mol. The number of aromatic nitrogens is 1. The summed E-state index contributed by atoms with van der Waals surface area (Å²) in [6.07, 6.45) is 0.909. The molecule has 2 heterocycles. The molecule has 2 aromatic carbocycles. The third-order valence-electron chi connectivity index (χ3n) is 5.88. The number of carbonyl (C=O) groups is 1. The second-order valence-corrected chi connectivity index (χ2v) is 9.92. The maximum Gasteiger partial charge on any atom is 0.251 e. The molecule has 3 aromatic rings. The summed E-state index contributed by atoms with van der Waals surface area (Å²) in [5, 5.41) is 2.98. The quantitative estimate of drug-likeness (QED) is 0.469. The maximum atomic E-state index is 12.7. The Bertz CT molecular complexity index is 1120. The number of rotatable bonds is 9. The molecule has 0 spiro atoms. The summed E-state index contributed by atoms with van der Waals surface area (Å²) in [4.78, 5) is 20.2. The van der Waals surface area contributed by atoms with Gasteiger partial charge in [0, 0.05) is 35.7 Å². The van der Waals surface area contributed by atoms with Crippen LogP contribution in [-0.4, -0.2) is 59.4 Å². The molecule has 0 radical (unpaired) electrons. The second-order valence-electron chi connectivity index (χ2n) is 8.47. The lowest BCUT2D eigenvalue weighted by molar-refractivity contribution is 0.0374. The molecule has 8 heteroatoms. The predicted octanol–water partition coefficient (Wildman–Crippen LogP) is 3.72. The number of hydrogen-bond donors (Lipinski definition) is 1. The molecule has 7 nitrogen and oxygen atoms in total. The number of amides is 1. The minimum Gasteiger partial charge on any atom is -0.441 e. The van der Waals surface area contributed by atoms with Crippen LogP contribution in [0.1, 0.15) is 33.8 Å². The van der Waals surface area contributed by atoms with Crippen LogP contribution in [-0.2, 0) is 21.3 Å². The smallest absolute Gasteiger partial charge is 0.251 e. The van der Waals surface area contributed by atoms with Gasteiger partial charge in [-0.05, 0) is 63.2 Å². The first-order valence-corrected chi connectivity index (χ1v) is 12.9.